The van der Waals surface area contributed by atoms with Gasteiger partial charge in [-0.3, -0.25) is 0 Å². The summed E-state index contributed by atoms with van der Waals surface area (Å²) in [5, 5.41) is 0. The van der Waals surface area contributed by atoms with E-state index in [1.807, 2.05) is 6.07 Å². The molecule has 0 aliphatic carbocycles. The van der Waals surface area contributed by atoms with E-state index in [1.165, 1.54) is 5.56 Å². The Hall–Kier alpha value is -0.380. The minimum atomic E-state index is 0.0427. The summed E-state index contributed by atoms with van der Waals surface area (Å²) in [5.74, 6) is 0.390. The van der Waals surface area contributed by atoms with Crippen LogP contribution in [0.2, 0.25) is 0 Å². The van der Waals surface area contributed by atoms with Crippen LogP contribution in [-0.4, -0.2) is 18.2 Å². The van der Waals surface area contributed by atoms with Crippen LogP contribution in [0.3, 0.4) is 0 Å². The highest BCUT2D eigenvalue weighted by Gasteiger charge is 2.32. The minimum Gasteiger partial charge on any atom is -0.372 e. The van der Waals surface area contributed by atoms with Crippen LogP contribution in [0.4, 0.5) is 0 Å². The molecular formula is C15H22BrNO. The number of rotatable bonds is 4. The van der Waals surface area contributed by atoms with E-state index >= 15 is 0 Å². The van der Waals surface area contributed by atoms with Crippen molar-refractivity contribution in [2.45, 2.75) is 50.7 Å². The molecule has 2 N–H and O–H groups in total. The van der Waals surface area contributed by atoms with Crippen molar-refractivity contribution in [1.29, 1.82) is 0 Å². The van der Waals surface area contributed by atoms with Gasteiger partial charge in [-0.1, -0.05) is 28.1 Å². The Morgan fingerprint density at radius 3 is 2.83 bits per heavy atom. The van der Waals surface area contributed by atoms with Crippen molar-refractivity contribution in [3.8, 4) is 0 Å². The van der Waals surface area contributed by atoms with E-state index in [0.29, 0.717) is 18.6 Å². The summed E-state index contributed by atoms with van der Waals surface area (Å²) in [4.78, 5) is 0. The summed E-state index contributed by atoms with van der Waals surface area (Å²) in [6.45, 7) is 5.02. The Bertz CT molecular complexity index is 405. The molecule has 1 heterocycles. The Kier molecular flexibility index (Phi) is 4.46. The molecule has 1 aromatic rings. The maximum absolute atomic E-state index is 6.07. The molecule has 2 atom stereocenters. The molecule has 100 valence electrons. The van der Waals surface area contributed by atoms with Crippen LogP contribution in [0.15, 0.2) is 28.7 Å². The second-order valence-corrected chi connectivity index (χ2v) is 6.68. The zero-order valence-electron chi connectivity index (χ0n) is 11.2. The van der Waals surface area contributed by atoms with Gasteiger partial charge in [0.1, 0.15) is 0 Å². The summed E-state index contributed by atoms with van der Waals surface area (Å²) in [5.41, 5.74) is 7.28. The summed E-state index contributed by atoms with van der Waals surface area (Å²) >= 11 is 3.52. The first-order valence-corrected chi connectivity index (χ1v) is 7.43. The first kappa shape index (κ1) is 14.0. The smallest absolute Gasteiger partial charge is 0.0631 e. The summed E-state index contributed by atoms with van der Waals surface area (Å²) in [6, 6.07) is 8.44. The van der Waals surface area contributed by atoms with Gasteiger partial charge in [-0.05, 0) is 63.3 Å². The molecule has 1 aliphatic rings. The zero-order chi connectivity index (χ0) is 13.2. The summed E-state index contributed by atoms with van der Waals surface area (Å²) in [6.07, 6.45) is 3.67. The third kappa shape index (κ3) is 3.56. The number of ether oxygens (including phenoxy) is 1. The molecular weight excluding hydrogens is 290 g/mol. The average Bonchev–Trinajstić information content (AvgIpc) is 2.65. The quantitative estimate of drug-likeness (QED) is 0.917. The molecule has 1 aromatic carbocycles. The lowest BCUT2D eigenvalue weighted by molar-refractivity contribution is -0.0206. The van der Waals surface area contributed by atoms with Gasteiger partial charge in [0.15, 0.2) is 0 Å². The standard InChI is InChI=1S/C15H22BrNO/c1-15(2)7-6-14(18-15)9-12(10-17)11-4-3-5-13(16)8-11/h3-5,8,12,14H,6-7,9-10,17H2,1-2H3. The third-order valence-electron chi connectivity index (χ3n) is 3.71. The number of halogens is 1. The molecule has 2 nitrogen and oxygen atoms in total. The summed E-state index contributed by atoms with van der Waals surface area (Å²) < 4.78 is 7.18. The van der Waals surface area contributed by atoms with Crippen LogP contribution in [0.5, 0.6) is 0 Å². The molecule has 2 unspecified atom stereocenters. The van der Waals surface area contributed by atoms with Crippen LogP contribution in [-0.2, 0) is 4.74 Å². The fraction of sp³-hybridized carbons (Fsp3) is 0.600. The Labute approximate surface area is 118 Å². The van der Waals surface area contributed by atoms with Crippen LogP contribution in [0.1, 0.15) is 44.6 Å². The second kappa shape index (κ2) is 5.72. The fourth-order valence-electron chi connectivity index (χ4n) is 2.69. The first-order valence-electron chi connectivity index (χ1n) is 6.63. The fourth-order valence-corrected chi connectivity index (χ4v) is 3.11. The lowest BCUT2D eigenvalue weighted by Gasteiger charge is -2.23. The Morgan fingerprint density at radius 1 is 1.50 bits per heavy atom. The molecule has 0 amide bonds. The monoisotopic (exact) mass is 311 g/mol. The van der Waals surface area contributed by atoms with Crippen molar-refractivity contribution in [3.05, 3.63) is 34.3 Å². The molecule has 0 saturated carbocycles. The third-order valence-corrected chi connectivity index (χ3v) is 4.20. The Morgan fingerprint density at radius 2 is 2.28 bits per heavy atom. The normalized spacial score (nSPS) is 24.1. The average molecular weight is 312 g/mol. The highest BCUT2D eigenvalue weighted by molar-refractivity contribution is 9.10. The van der Waals surface area contributed by atoms with Crippen LogP contribution >= 0.6 is 15.9 Å². The topological polar surface area (TPSA) is 35.2 Å². The van der Waals surface area contributed by atoms with Gasteiger partial charge in [-0.25, -0.2) is 0 Å². The number of nitrogens with two attached hydrogens (primary N) is 1. The van der Waals surface area contributed by atoms with Crippen molar-refractivity contribution in [2.24, 2.45) is 5.73 Å². The van der Waals surface area contributed by atoms with E-state index in [2.05, 4.69) is 48.0 Å². The largest absolute Gasteiger partial charge is 0.372 e. The zero-order valence-corrected chi connectivity index (χ0v) is 12.7. The first-order chi connectivity index (χ1) is 8.50. The number of hydrogen-bond donors (Lipinski definition) is 1. The highest BCUT2D eigenvalue weighted by Crippen LogP contribution is 2.34. The molecule has 0 aromatic heterocycles. The van der Waals surface area contributed by atoms with Gasteiger partial charge in [0.25, 0.3) is 0 Å². The van der Waals surface area contributed by atoms with Crippen molar-refractivity contribution in [2.75, 3.05) is 6.54 Å². The van der Waals surface area contributed by atoms with E-state index in [1.54, 1.807) is 0 Å². The number of hydrogen-bond acceptors (Lipinski definition) is 2. The van der Waals surface area contributed by atoms with Gasteiger partial charge in [-0.15, -0.1) is 0 Å². The van der Waals surface area contributed by atoms with Gasteiger partial charge >= 0.3 is 0 Å². The highest BCUT2D eigenvalue weighted by atomic mass is 79.9. The van der Waals surface area contributed by atoms with Crippen LogP contribution < -0.4 is 5.73 Å². The molecule has 1 aliphatic heterocycles. The lowest BCUT2D eigenvalue weighted by atomic mass is 9.92. The molecule has 18 heavy (non-hydrogen) atoms. The molecule has 1 fully saturated rings. The maximum atomic E-state index is 6.07. The van der Waals surface area contributed by atoms with Gasteiger partial charge in [-0.2, -0.15) is 0 Å². The van der Waals surface area contributed by atoms with E-state index in [9.17, 15) is 0 Å². The van der Waals surface area contributed by atoms with Crippen LogP contribution in [0.25, 0.3) is 0 Å². The molecule has 0 radical (unpaired) electrons. The lowest BCUT2D eigenvalue weighted by Crippen LogP contribution is -2.23. The van der Waals surface area contributed by atoms with E-state index in [0.717, 1.165) is 23.7 Å². The van der Waals surface area contributed by atoms with Crippen molar-refractivity contribution < 1.29 is 4.74 Å². The second-order valence-electron chi connectivity index (χ2n) is 5.76. The number of benzene rings is 1. The van der Waals surface area contributed by atoms with Crippen LogP contribution in [0, 0.1) is 0 Å². The Balaban J connectivity index is 2.02. The molecule has 2 rings (SSSR count). The minimum absolute atomic E-state index is 0.0427. The SMILES string of the molecule is CC1(C)CCC(CC(CN)c2cccc(Br)c2)O1. The van der Waals surface area contributed by atoms with E-state index in [-0.39, 0.29) is 5.60 Å². The van der Waals surface area contributed by atoms with Crippen molar-refractivity contribution >= 4 is 15.9 Å². The summed E-state index contributed by atoms with van der Waals surface area (Å²) in [7, 11) is 0. The van der Waals surface area contributed by atoms with Gasteiger partial charge in [0, 0.05) is 4.47 Å². The van der Waals surface area contributed by atoms with Gasteiger partial charge < -0.3 is 10.5 Å². The predicted octanol–water partition coefficient (Wildman–Crippen LogP) is 3.84. The van der Waals surface area contributed by atoms with Gasteiger partial charge in [0.05, 0.1) is 11.7 Å². The van der Waals surface area contributed by atoms with Crippen molar-refractivity contribution in [1.82, 2.24) is 0 Å². The molecule has 0 bridgehead atoms. The molecule has 0 spiro atoms. The van der Waals surface area contributed by atoms with Crippen molar-refractivity contribution in [3.63, 3.8) is 0 Å². The maximum Gasteiger partial charge on any atom is 0.0631 e. The predicted molar refractivity (Wildman–Crippen MR) is 78.7 cm³/mol. The molecule has 3 heteroatoms. The molecule has 1 saturated heterocycles. The van der Waals surface area contributed by atoms with E-state index in [4.69, 9.17) is 10.5 Å². The van der Waals surface area contributed by atoms with Gasteiger partial charge in [0.2, 0.25) is 0 Å². The van der Waals surface area contributed by atoms with E-state index < -0.39 is 0 Å².